The van der Waals surface area contributed by atoms with Crippen LogP contribution in [0.3, 0.4) is 0 Å². The lowest BCUT2D eigenvalue weighted by Crippen LogP contribution is -2.33. The Morgan fingerprint density at radius 3 is 2.65 bits per heavy atom. The molecule has 0 spiro atoms. The Labute approximate surface area is 156 Å². The maximum absolute atomic E-state index is 12.0. The molecule has 0 atom stereocenters. The number of aromatic nitrogens is 2. The Bertz CT molecular complexity index is 906. The van der Waals surface area contributed by atoms with E-state index in [0.717, 1.165) is 0 Å². The van der Waals surface area contributed by atoms with Crippen molar-refractivity contribution in [3.8, 4) is 22.8 Å². The summed E-state index contributed by atoms with van der Waals surface area (Å²) in [6.45, 7) is 1.12. The molecule has 3 N–H and O–H groups in total. The molecule has 0 saturated heterocycles. The lowest BCUT2D eigenvalue weighted by Gasteiger charge is -2.19. The molecule has 9 heteroatoms. The van der Waals surface area contributed by atoms with E-state index in [9.17, 15) is 9.59 Å². The molecular formula is C17H22N4O4S. The van der Waals surface area contributed by atoms with E-state index in [1.54, 1.807) is 42.9 Å². The summed E-state index contributed by atoms with van der Waals surface area (Å²) < 4.78 is 12.7. The molecule has 1 aromatic heterocycles. The number of nitrogens with one attached hydrogen (secondary N) is 1. The van der Waals surface area contributed by atoms with Crippen LogP contribution < -0.4 is 20.8 Å². The Hall–Kier alpha value is -2.65. The molecule has 1 aromatic carbocycles. The number of carbonyl (C=O) groups excluding carboxylic acids is 1. The average molecular weight is 378 g/mol. The molecule has 0 aliphatic rings. The highest BCUT2D eigenvalue weighted by Gasteiger charge is 2.14. The van der Waals surface area contributed by atoms with Crippen molar-refractivity contribution in [1.82, 2.24) is 14.5 Å². The number of nitrogens with two attached hydrogens (primary N) is 1. The Morgan fingerprint density at radius 1 is 1.31 bits per heavy atom. The molecule has 0 aliphatic heterocycles. The number of ether oxygens (including phenoxy) is 2. The van der Waals surface area contributed by atoms with E-state index in [0.29, 0.717) is 35.8 Å². The maximum atomic E-state index is 12.0. The van der Waals surface area contributed by atoms with Crippen LogP contribution in [0.5, 0.6) is 11.5 Å². The molecule has 2 rings (SSSR count). The van der Waals surface area contributed by atoms with Crippen LogP contribution in [0.2, 0.25) is 0 Å². The van der Waals surface area contributed by atoms with Gasteiger partial charge in [0.05, 0.1) is 26.5 Å². The summed E-state index contributed by atoms with van der Waals surface area (Å²) in [5.41, 5.74) is 6.24. The molecule has 0 aliphatic carbocycles. The van der Waals surface area contributed by atoms with Gasteiger partial charge in [-0.05, 0) is 31.4 Å². The number of nitrogens with zero attached hydrogens (tertiary/aromatic N) is 2. The van der Waals surface area contributed by atoms with Crippen molar-refractivity contribution in [3.05, 3.63) is 39.4 Å². The fraction of sp³-hybridized carbons (Fsp3) is 0.353. The van der Waals surface area contributed by atoms with Gasteiger partial charge in [-0.2, -0.15) is 0 Å². The topological polar surface area (TPSA) is 103 Å². The lowest BCUT2D eigenvalue weighted by atomic mass is 10.1. The number of aromatic amines is 1. The summed E-state index contributed by atoms with van der Waals surface area (Å²) in [7, 11) is 4.90. The molecule has 8 nitrogen and oxygen atoms in total. The number of hydrogen-bond acceptors (Lipinski definition) is 6. The minimum atomic E-state index is -0.408. The second-order valence-corrected chi connectivity index (χ2v) is 6.13. The summed E-state index contributed by atoms with van der Waals surface area (Å²) in [5, 5.41) is 0. The summed E-state index contributed by atoms with van der Waals surface area (Å²) in [4.78, 5) is 27.4. The van der Waals surface area contributed by atoms with Gasteiger partial charge < -0.3 is 19.8 Å². The van der Waals surface area contributed by atoms with E-state index in [-0.39, 0.29) is 16.9 Å². The van der Waals surface area contributed by atoms with Gasteiger partial charge in [0.1, 0.15) is 11.5 Å². The van der Waals surface area contributed by atoms with E-state index >= 15 is 0 Å². The number of methoxy groups -OCH3 is 2. The third kappa shape index (κ3) is 4.70. The largest absolute Gasteiger partial charge is 0.497 e. The van der Waals surface area contributed by atoms with E-state index in [2.05, 4.69) is 4.98 Å². The fourth-order valence-electron chi connectivity index (χ4n) is 2.59. The smallest absolute Gasteiger partial charge is 0.252 e. The fourth-order valence-corrected chi connectivity index (χ4v) is 2.88. The van der Waals surface area contributed by atoms with E-state index in [1.165, 1.54) is 6.07 Å². The Kier molecular flexibility index (Phi) is 6.53. The molecular weight excluding hydrogens is 356 g/mol. The Balaban J connectivity index is 2.47. The predicted molar refractivity (Wildman–Crippen MR) is 101 cm³/mol. The van der Waals surface area contributed by atoms with Gasteiger partial charge >= 0.3 is 0 Å². The number of benzene rings is 1. The van der Waals surface area contributed by atoms with Gasteiger partial charge in [0.2, 0.25) is 5.91 Å². The SMILES string of the molecule is COc1ccc(-c2cc(=O)[nH]c(=S)n2CCN(C)CC(N)=O)c(OC)c1. The number of primary amides is 1. The number of carbonyl (C=O) groups is 1. The predicted octanol–water partition coefficient (Wildman–Crippen LogP) is 1.01. The Morgan fingerprint density at radius 2 is 2.04 bits per heavy atom. The number of rotatable bonds is 8. The first kappa shape index (κ1) is 19.7. The third-order valence-corrected chi connectivity index (χ3v) is 4.17. The van der Waals surface area contributed by atoms with Crippen molar-refractivity contribution in [2.24, 2.45) is 5.73 Å². The van der Waals surface area contributed by atoms with E-state index in [4.69, 9.17) is 27.4 Å². The van der Waals surface area contributed by atoms with Gasteiger partial charge in [0.25, 0.3) is 5.56 Å². The van der Waals surface area contributed by atoms with Gasteiger partial charge in [0.15, 0.2) is 4.77 Å². The first-order valence-corrected chi connectivity index (χ1v) is 8.30. The molecule has 0 unspecified atom stereocenters. The highest BCUT2D eigenvalue weighted by molar-refractivity contribution is 7.71. The summed E-state index contributed by atoms with van der Waals surface area (Å²) in [6.07, 6.45) is 0. The van der Waals surface area contributed by atoms with Crippen LogP contribution in [0, 0.1) is 4.77 Å². The van der Waals surface area contributed by atoms with Crippen LogP contribution in [-0.4, -0.2) is 54.7 Å². The third-order valence-electron chi connectivity index (χ3n) is 3.85. The number of amides is 1. The molecule has 0 radical (unpaired) electrons. The van der Waals surface area contributed by atoms with Crippen molar-refractivity contribution in [2.45, 2.75) is 6.54 Å². The van der Waals surface area contributed by atoms with Crippen LogP contribution >= 0.6 is 12.2 Å². The highest BCUT2D eigenvalue weighted by Crippen LogP contribution is 2.32. The van der Waals surface area contributed by atoms with Gasteiger partial charge in [-0.3, -0.25) is 19.5 Å². The monoisotopic (exact) mass is 378 g/mol. The number of H-pyrrole nitrogens is 1. The summed E-state index contributed by atoms with van der Waals surface area (Å²) in [5.74, 6) is 0.792. The molecule has 0 bridgehead atoms. The molecule has 0 fully saturated rings. The average Bonchev–Trinajstić information content (AvgIpc) is 2.59. The molecule has 1 heterocycles. The molecule has 1 amide bonds. The van der Waals surface area contributed by atoms with Crippen molar-refractivity contribution >= 4 is 18.1 Å². The highest BCUT2D eigenvalue weighted by atomic mass is 32.1. The van der Waals surface area contributed by atoms with Crippen LogP contribution in [0.15, 0.2) is 29.1 Å². The first-order chi connectivity index (χ1) is 12.3. The van der Waals surface area contributed by atoms with E-state index in [1.807, 2.05) is 6.07 Å². The minimum absolute atomic E-state index is 0.137. The summed E-state index contributed by atoms with van der Waals surface area (Å²) in [6, 6.07) is 6.80. The number of likely N-dealkylation sites (N-methyl/N-ethyl adjacent to an activating group) is 1. The molecule has 0 saturated carbocycles. The van der Waals surface area contributed by atoms with Crippen LogP contribution in [0.25, 0.3) is 11.3 Å². The molecule has 140 valence electrons. The minimum Gasteiger partial charge on any atom is -0.497 e. The van der Waals surface area contributed by atoms with Crippen LogP contribution in [0.4, 0.5) is 0 Å². The van der Waals surface area contributed by atoms with Gasteiger partial charge in [0, 0.05) is 30.8 Å². The zero-order valence-electron chi connectivity index (χ0n) is 14.9. The van der Waals surface area contributed by atoms with Crippen molar-refractivity contribution in [2.75, 3.05) is 34.4 Å². The standard InChI is InChI=1S/C17H22N4O4S/c1-20(10-15(18)22)6-7-21-13(9-16(23)19-17(21)26)12-5-4-11(24-2)8-14(12)25-3/h4-5,8-9H,6-7,10H2,1-3H3,(H2,18,22)(H,19,23,26). The van der Waals surface area contributed by atoms with Gasteiger partial charge in [-0.15, -0.1) is 0 Å². The zero-order chi connectivity index (χ0) is 19.3. The normalized spacial score (nSPS) is 10.8. The maximum Gasteiger partial charge on any atom is 0.252 e. The summed E-state index contributed by atoms with van der Waals surface area (Å²) >= 11 is 5.33. The lowest BCUT2D eigenvalue weighted by molar-refractivity contribution is -0.118. The second-order valence-electron chi connectivity index (χ2n) is 5.75. The zero-order valence-corrected chi connectivity index (χ0v) is 15.8. The quantitative estimate of drug-likeness (QED) is 0.665. The van der Waals surface area contributed by atoms with Crippen LogP contribution in [0.1, 0.15) is 0 Å². The molecule has 2 aromatic rings. The van der Waals surface area contributed by atoms with Gasteiger partial charge in [-0.25, -0.2) is 0 Å². The first-order valence-electron chi connectivity index (χ1n) is 7.89. The van der Waals surface area contributed by atoms with Crippen LogP contribution in [-0.2, 0) is 11.3 Å². The van der Waals surface area contributed by atoms with Crippen molar-refractivity contribution < 1.29 is 14.3 Å². The van der Waals surface area contributed by atoms with Crippen molar-refractivity contribution in [1.29, 1.82) is 0 Å². The van der Waals surface area contributed by atoms with E-state index < -0.39 is 5.91 Å². The number of hydrogen-bond donors (Lipinski definition) is 2. The second kappa shape index (κ2) is 8.63. The van der Waals surface area contributed by atoms with Crippen molar-refractivity contribution in [3.63, 3.8) is 0 Å². The van der Waals surface area contributed by atoms with Gasteiger partial charge in [-0.1, -0.05) is 0 Å². The molecule has 26 heavy (non-hydrogen) atoms.